The molecule has 2 aromatic carbocycles. The highest BCUT2D eigenvalue weighted by molar-refractivity contribution is 5.96. The first-order valence-electron chi connectivity index (χ1n) is 19.3. The van der Waals surface area contributed by atoms with E-state index in [9.17, 15) is 14.4 Å². The highest BCUT2D eigenvalue weighted by Crippen LogP contribution is 2.75. The largest absolute Gasteiger partial charge is 0.469 e. The van der Waals surface area contributed by atoms with Crippen molar-refractivity contribution in [1.29, 1.82) is 0 Å². The normalized spacial score (nSPS) is 41.7. The zero-order chi connectivity index (χ0) is 36.6. The Kier molecular flexibility index (Phi) is 8.80. The molecule has 0 saturated heterocycles. The van der Waals surface area contributed by atoms with Crippen LogP contribution in [0.4, 0.5) is 0 Å². The van der Waals surface area contributed by atoms with Crippen molar-refractivity contribution in [2.45, 2.75) is 112 Å². The molecule has 0 amide bonds. The number of ether oxygens (including phenoxy) is 3. The van der Waals surface area contributed by atoms with Crippen LogP contribution >= 0.6 is 0 Å². The number of fused-ring (bicyclic) bond motifs is 7. The number of esters is 2. The van der Waals surface area contributed by atoms with Gasteiger partial charge in [0.15, 0.2) is 11.9 Å². The summed E-state index contributed by atoms with van der Waals surface area (Å²) < 4.78 is 17.9. The molecule has 5 aliphatic rings. The molecule has 5 aliphatic carbocycles. The molecule has 0 bridgehead atoms. The summed E-state index contributed by atoms with van der Waals surface area (Å²) in [4.78, 5) is 43.0. The van der Waals surface area contributed by atoms with E-state index >= 15 is 0 Å². The molecule has 10 atom stereocenters. The van der Waals surface area contributed by atoms with Gasteiger partial charge in [-0.1, -0.05) is 93.9 Å². The van der Waals surface area contributed by atoms with Gasteiger partial charge in [0.1, 0.15) is 0 Å². The Labute approximate surface area is 305 Å². The van der Waals surface area contributed by atoms with Crippen molar-refractivity contribution in [3.8, 4) is 0 Å². The van der Waals surface area contributed by atoms with Crippen LogP contribution in [0.3, 0.4) is 0 Å². The second-order valence-corrected chi connectivity index (χ2v) is 18.4. The molecular formula is C45H58O6. The van der Waals surface area contributed by atoms with E-state index in [0.29, 0.717) is 6.42 Å². The fourth-order valence-corrected chi connectivity index (χ4v) is 12.7. The van der Waals surface area contributed by atoms with Crippen LogP contribution in [0.25, 0.3) is 0 Å². The fourth-order valence-electron chi connectivity index (χ4n) is 12.7. The van der Waals surface area contributed by atoms with Gasteiger partial charge < -0.3 is 14.2 Å². The third-order valence-electron chi connectivity index (χ3n) is 16.0. The summed E-state index contributed by atoms with van der Waals surface area (Å²) in [6.45, 7) is 13.6. The maximum Gasteiger partial charge on any atom is 0.314 e. The summed E-state index contributed by atoms with van der Waals surface area (Å²) in [6.07, 6.45) is 9.00. The fraction of sp³-hybridized carbons (Fsp3) is 0.622. The zero-order valence-electron chi connectivity index (χ0n) is 32.1. The van der Waals surface area contributed by atoms with Crippen LogP contribution in [0.5, 0.6) is 0 Å². The first kappa shape index (κ1) is 36.1. The third kappa shape index (κ3) is 5.16. The summed E-state index contributed by atoms with van der Waals surface area (Å²) in [7, 11) is 3.16. The molecule has 0 aliphatic heterocycles. The van der Waals surface area contributed by atoms with Crippen molar-refractivity contribution in [3.63, 3.8) is 0 Å². The van der Waals surface area contributed by atoms with Crippen LogP contribution in [-0.2, 0) is 28.6 Å². The molecule has 7 rings (SSSR count). The van der Waals surface area contributed by atoms with Gasteiger partial charge >= 0.3 is 11.9 Å². The van der Waals surface area contributed by atoms with Gasteiger partial charge in [-0.3, -0.25) is 14.4 Å². The summed E-state index contributed by atoms with van der Waals surface area (Å²) in [5, 5.41) is 0. The van der Waals surface area contributed by atoms with E-state index in [2.05, 4.69) is 34.6 Å². The maximum absolute atomic E-state index is 14.9. The SMILES string of the molecule is COC(=O)[C@]1(C)[C@@H](OC)CC[C@@]2(C)[C@H]1CC[C@]1(C)[C@@H]2C(=O)C=C2[C@@H]3C[C@@](C)(C(=O)OC(c4ccccc4)c4ccccc4)CC[C@]3(C)CC[C@]21C. The van der Waals surface area contributed by atoms with Crippen molar-refractivity contribution < 1.29 is 28.6 Å². The molecule has 0 heterocycles. The van der Waals surface area contributed by atoms with Gasteiger partial charge in [-0.2, -0.15) is 0 Å². The van der Waals surface area contributed by atoms with Crippen LogP contribution in [-0.4, -0.2) is 38.0 Å². The first-order chi connectivity index (χ1) is 24.1. The van der Waals surface area contributed by atoms with E-state index in [0.717, 1.165) is 62.5 Å². The van der Waals surface area contributed by atoms with Gasteiger partial charge in [0.05, 0.1) is 24.0 Å². The average Bonchev–Trinajstić information content (AvgIpc) is 3.12. The molecule has 6 heteroatoms. The number of carbonyl (C=O) groups is 3. The Morgan fingerprint density at radius 3 is 1.94 bits per heavy atom. The molecular weight excluding hydrogens is 636 g/mol. The van der Waals surface area contributed by atoms with Gasteiger partial charge in [-0.15, -0.1) is 0 Å². The van der Waals surface area contributed by atoms with Crippen LogP contribution in [0.2, 0.25) is 0 Å². The molecule has 0 spiro atoms. The standard InChI is InChI=1S/C45H58O6/c1-40-23-24-41(2,38(47)51-36(29-15-11-9-12-16-29)30-17-13-10-14-18-30)28-32(40)31-27-33(46)37-42(3)21-20-35(49-7)45(6,39(48)50-8)34(42)19-22-44(37,5)43(31,4)26-25-40/h9-18,27,32,34-37H,19-26,28H2,1-8H3/t32-,34+,35-,37+,40+,41-,42-,43+,44+,45-/m0/s1. The van der Waals surface area contributed by atoms with Gasteiger partial charge in [0.2, 0.25) is 0 Å². The summed E-state index contributed by atoms with van der Waals surface area (Å²) in [5.74, 6) is -0.324. The van der Waals surface area contributed by atoms with E-state index < -0.39 is 16.9 Å². The number of hydrogen-bond acceptors (Lipinski definition) is 6. The molecule has 2 aromatic rings. The number of benzene rings is 2. The lowest BCUT2D eigenvalue weighted by molar-refractivity contribution is -0.219. The van der Waals surface area contributed by atoms with Crippen molar-refractivity contribution in [2.75, 3.05) is 14.2 Å². The molecule has 4 saturated carbocycles. The Morgan fingerprint density at radius 2 is 1.35 bits per heavy atom. The van der Waals surface area contributed by atoms with Crippen LogP contribution in [0.15, 0.2) is 72.3 Å². The van der Waals surface area contributed by atoms with E-state index in [1.165, 1.54) is 12.7 Å². The number of carbonyl (C=O) groups excluding carboxylic acids is 3. The molecule has 0 radical (unpaired) electrons. The molecule has 4 fully saturated rings. The molecule has 0 N–H and O–H groups in total. The minimum atomic E-state index is -0.822. The highest BCUT2D eigenvalue weighted by Gasteiger charge is 2.72. The van der Waals surface area contributed by atoms with Gasteiger partial charge in [-0.05, 0) is 122 Å². The number of rotatable bonds is 6. The van der Waals surface area contributed by atoms with Crippen molar-refractivity contribution >= 4 is 17.7 Å². The van der Waals surface area contributed by atoms with Crippen molar-refractivity contribution in [1.82, 2.24) is 0 Å². The monoisotopic (exact) mass is 694 g/mol. The summed E-state index contributed by atoms with van der Waals surface area (Å²) in [5.41, 5.74) is 0.810. The predicted octanol–water partition coefficient (Wildman–Crippen LogP) is 9.47. The Hall–Kier alpha value is -3.25. The number of ketones is 1. The van der Waals surface area contributed by atoms with E-state index in [1.54, 1.807) is 7.11 Å². The Morgan fingerprint density at radius 1 is 0.745 bits per heavy atom. The minimum absolute atomic E-state index is 0.00789. The van der Waals surface area contributed by atoms with Crippen molar-refractivity contribution in [2.24, 2.45) is 50.2 Å². The average molecular weight is 695 g/mol. The van der Waals surface area contributed by atoms with E-state index in [-0.39, 0.29) is 63.2 Å². The van der Waals surface area contributed by atoms with Gasteiger partial charge in [0.25, 0.3) is 0 Å². The number of methoxy groups -OCH3 is 2. The lowest BCUT2D eigenvalue weighted by atomic mass is 9.33. The Balaban J connectivity index is 1.23. The molecule has 0 aromatic heterocycles. The molecule has 6 nitrogen and oxygen atoms in total. The van der Waals surface area contributed by atoms with Gasteiger partial charge in [0, 0.05) is 13.0 Å². The van der Waals surface area contributed by atoms with Gasteiger partial charge in [-0.25, -0.2) is 0 Å². The smallest absolute Gasteiger partial charge is 0.314 e. The number of allylic oxidation sites excluding steroid dienone is 2. The van der Waals surface area contributed by atoms with E-state index in [4.69, 9.17) is 14.2 Å². The van der Waals surface area contributed by atoms with Crippen LogP contribution in [0, 0.1) is 50.2 Å². The molecule has 0 unspecified atom stereocenters. The second-order valence-electron chi connectivity index (χ2n) is 18.4. The first-order valence-corrected chi connectivity index (χ1v) is 19.3. The second kappa shape index (κ2) is 12.4. The van der Waals surface area contributed by atoms with E-state index in [1.807, 2.05) is 73.7 Å². The third-order valence-corrected chi connectivity index (χ3v) is 16.0. The van der Waals surface area contributed by atoms with Crippen LogP contribution in [0.1, 0.15) is 117 Å². The Bertz CT molecular complexity index is 1680. The minimum Gasteiger partial charge on any atom is -0.469 e. The molecule has 51 heavy (non-hydrogen) atoms. The lowest BCUT2D eigenvalue weighted by Crippen LogP contribution is -2.68. The predicted molar refractivity (Wildman–Crippen MR) is 197 cm³/mol. The van der Waals surface area contributed by atoms with Crippen molar-refractivity contribution in [3.05, 3.63) is 83.4 Å². The number of hydrogen-bond donors (Lipinski definition) is 0. The summed E-state index contributed by atoms with van der Waals surface area (Å²) in [6, 6.07) is 20.0. The summed E-state index contributed by atoms with van der Waals surface area (Å²) >= 11 is 0. The van der Waals surface area contributed by atoms with Crippen LogP contribution < -0.4 is 0 Å². The maximum atomic E-state index is 14.9. The zero-order valence-corrected chi connectivity index (χ0v) is 32.1. The topological polar surface area (TPSA) is 78.9 Å². The molecule has 274 valence electrons. The lowest BCUT2D eigenvalue weighted by Gasteiger charge is -2.70. The highest BCUT2D eigenvalue weighted by atomic mass is 16.5. The quantitative estimate of drug-likeness (QED) is 0.281.